The fourth-order valence-corrected chi connectivity index (χ4v) is 4.09. The summed E-state index contributed by atoms with van der Waals surface area (Å²) in [7, 11) is -4.36. The fraction of sp³-hybridized carbons (Fsp3) is 0.520. The smallest absolute Gasteiger partial charge is 0.294 e. The second kappa shape index (κ2) is 13.4. The summed E-state index contributed by atoms with van der Waals surface area (Å²) in [5, 5.41) is 9.94. The molecule has 0 spiro atoms. The summed E-state index contributed by atoms with van der Waals surface area (Å²) >= 11 is 0. The molecule has 0 aliphatic rings. The third-order valence-corrected chi connectivity index (χ3v) is 6.30. The molecule has 0 heterocycles. The van der Waals surface area contributed by atoms with Crippen LogP contribution in [0.4, 0.5) is 0 Å². The molecule has 6 heteroatoms. The molecular formula is C25H36O5S. The molecule has 0 aliphatic carbocycles. The molecule has 5 nitrogen and oxygen atoms in total. The lowest BCUT2D eigenvalue weighted by Gasteiger charge is -2.09. The maximum atomic E-state index is 11.1. The summed E-state index contributed by atoms with van der Waals surface area (Å²) in [6.07, 6.45) is 15.7. The van der Waals surface area contributed by atoms with E-state index in [2.05, 4.69) is 6.92 Å². The fourth-order valence-electron chi connectivity index (χ4n) is 3.59. The van der Waals surface area contributed by atoms with Crippen LogP contribution in [0.25, 0.3) is 0 Å². The van der Waals surface area contributed by atoms with E-state index >= 15 is 0 Å². The number of hydrogen-bond acceptors (Lipinski definition) is 4. The Hall–Kier alpha value is -2.05. The summed E-state index contributed by atoms with van der Waals surface area (Å²) < 4.78 is 36.9. The molecular weight excluding hydrogens is 412 g/mol. The predicted octanol–water partition coefficient (Wildman–Crippen LogP) is 7.28. The highest BCUT2D eigenvalue weighted by molar-refractivity contribution is 7.85. The van der Waals surface area contributed by atoms with Crippen molar-refractivity contribution in [2.24, 2.45) is 0 Å². The first kappa shape index (κ1) is 25.2. The monoisotopic (exact) mass is 448 g/mol. The molecule has 0 amide bonds. The van der Waals surface area contributed by atoms with Crippen LogP contribution in [0.15, 0.2) is 47.4 Å². The number of benzene rings is 2. The van der Waals surface area contributed by atoms with Gasteiger partial charge in [0.25, 0.3) is 10.1 Å². The van der Waals surface area contributed by atoms with Crippen LogP contribution in [-0.2, 0) is 16.5 Å². The number of phenols is 1. The van der Waals surface area contributed by atoms with Gasteiger partial charge in [-0.25, -0.2) is 0 Å². The molecule has 0 unspecified atom stereocenters. The van der Waals surface area contributed by atoms with Crippen LogP contribution < -0.4 is 4.74 Å². The van der Waals surface area contributed by atoms with E-state index in [0.29, 0.717) is 5.75 Å². The maximum absolute atomic E-state index is 11.1. The standard InChI is InChI=1S/C25H36O5S/c1-2-3-4-5-6-7-8-9-10-11-12-13-21-14-16-22(17-15-21)30-25-19-18-23(20-24(25)26)31(27,28)29/h14-20,26H,2-13H2,1H3,(H,27,28,29). The lowest BCUT2D eigenvalue weighted by atomic mass is 10.0. The van der Waals surface area contributed by atoms with Gasteiger partial charge in [0.1, 0.15) is 5.75 Å². The first-order valence-electron chi connectivity index (χ1n) is 11.5. The average Bonchev–Trinajstić information content (AvgIpc) is 2.74. The summed E-state index contributed by atoms with van der Waals surface area (Å²) in [5.74, 6) is 0.336. The van der Waals surface area contributed by atoms with Gasteiger partial charge in [0.15, 0.2) is 11.5 Å². The molecule has 31 heavy (non-hydrogen) atoms. The van der Waals surface area contributed by atoms with Crippen molar-refractivity contribution in [2.45, 2.75) is 88.9 Å². The number of hydrogen-bond donors (Lipinski definition) is 2. The summed E-state index contributed by atoms with van der Waals surface area (Å²) in [4.78, 5) is -0.375. The van der Waals surface area contributed by atoms with Gasteiger partial charge in [0, 0.05) is 6.07 Å². The molecule has 0 aliphatic heterocycles. The Morgan fingerprint density at radius 1 is 0.774 bits per heavy atom. The minimum absolute atomic E-state index is 0.130. The van der Waals surface area contributed by atoms with E-state index in [9.17, 15) is 13.5 Å². The van der Waals surface area contributed by atoms with E-state index in [1.807, 2.05) is 24.3 Å². The van der Waals surface area contributed by atoms with Crippen molar-refractivity contribution in [2.75, 3.05) is 0 Å². The van der Waals surface area contributed by atoms with E-state index in [-0.39, 0.29) is 16.4 Å². The quantitative estimate of drug-likeness (QED) is 0.221. The molecule has 2 aromatic carbocycles. The molecule has 0 fully saturated rings. The van der Waals surface area contributed by atoms with E-state index < -0.39 is 10.1 Å². The van der Waals surface area contributed by atoms with Crippen molar-refractivity contribution < 1.29 is 22.8 Å². The van der Waals surface area contributed by atoms with E-state index in [4.69, 9.17) is 9.29 Å². The van der Waals surface area contributed by atoms with Crippen molar-refractivity contribution in [1.29, 1.82) is 0 Å². The highest BCUT2D eigenvalue weighted by Gasteiger charge is 2.13. The zero-order valence-electron chi connectivity index (χ0n) is 18.6. The Balaban J connectivity index is 1.65. The summed E-state index contributed by atoms with van der Waals surface area (Å²) in [6, 6.07) is 11.2. The van der Waals surface area contributed by atoms with E-state index in [1.54, 1.807) is 0 Å². The minimum Gasteiger partial charge on any atom is -0.504 e. The van der Waals surface area contributed by atoms with E-state index in [1.165, 1.54) is 88.3 Å². The lowest BCUT2D eigenvalue weighted by molar-refractivity contribution is 0.408. The minimum atomic E-state index is -4.36. The Bertz CT molecular complexity index is 875. The van der Waals surface area contributed by atoms with Gasteiger partial charge < -0.3 is 9.84 Å². The zero-order valence-corrected chi connectivity index (χ0v) is 19.4. The second-order valence-electron chi connectivity index (χ2n) is 8.14. The van der Waals surface area contributed by atoms with Gasteiger partial charge >= 0.3 is 0 Å². The molecule has 2 N–H and O–H groups in total. The van der Waals surface area contributed by atoms with Crippen LogP contribution in [0, 0.1) is 0 Å². The van der Waals surface area contributed by atoms with Crippen molar-refractivity contribution in [3.05, 3.63) is 48.0 Å². The van der Waals surface area contributed by atoms with Crippen LogP contribution in [0.2, 0.25) is 0 Å². The number of phenolic OH excluding ortho intramolecular Hbond substituents is 1. The first-order valence-corrected chi connectivity index (χ1v) is 12.9. The molecule has 0 saturated heterocycles. The molecule has 0 atom stereocenters. The van der Waals surface area contributed by atoms with Gasteiger partial charge in [-0.05, 0) is 42.7 Å². The van der Waals surface area contributed by atoms with Gasteiger partial charge in [-0.3, -0.25) is 4.55 Å². The third-order valence-electron chi connectivity index (χ3n) is 5.45. The lowest BCUT2D eigenvalue weighted by Crippen LogP contribution is -1.97. The molecule has 0 aromatic heterocycles. The number of aryl methyl sites for hydroxylation is 1. The van der Waals surface area contributed by atoms with Gasteiger partial charge in [0.2, 0.25) is 0 Å². The molecule has 2 aromatic rings. The maximum Gasteiger partial charge on any atom is 0.294 e. The van der Waals surface area contributed by atoms with Crippen LogP contribution >= 0.6 is 0 Å². The Morgan fingerprint density at radius 3 is 1.84 bits per heavy atom. The number of ether oxygens (including phenoxy) is 1. The predicted molar refractivity (Wildman–Crippen MR) is 125 cm³/mol. The van der Waals surface area contributed by atoms with Crippen molar-refractivity contribution in [3.8, 4) is 17.2 Å². The Morgan fingerprint density at radius 2 is 1.32 bits per heavy atom. The van der Waals surface area contributed by atoms with Gasteiger partial charge in [-0.15, -0.1) is 0 Å². The topological polar surface area (TPSA) is 83.8 Å². The van der Waals surface area contributed by atoms with Gasteiger partial charge in [0.05, 0.1) is 4.90 Å². The van der Waals surface area contributed by atoms with Crippen LogP contribution in [-0.4, -0.2) is 18.1 Å². The summed E-state index contributed by atoms with van der Waals surface area (Å²) in [6.45, 7) is 2.25. The van der Waals surface area contributed by atoms with Crippen molar-refractivity contribution in [1.82, 2.24) is 0 Å². The van der Waals surface area contributed by atoms with Crippen molar-refractivity contribution >= 4 is 10.1 Å². The average molecular weight is 449 g/mol. The highest BCUT2D eigenvalue weighted by atomic mass is 32.2. The third kappa shape index (κ3) is 9.74. The van der Waals surface area contributed by atoms with Crippen LogP contribution in [0.5, 0.6) is 17.2 Å². The van der Waals surface area contributed by atoms with Crippen LogP contribution in [0.1, 0.15) is 83.1 Å². The van der Waals surface area contributed by atoms with Crippen molar-refractivity contribution in [3.63, 3.8) is 0 Å². The van der Waals surface area contributed by atoms with Gasteiger partial charge in [-0.1, -0.05) is 83.3 Å². The molecule has 172 valence electrons. The summed E-state index contributed by atoms with van der Waals surface area (Å²) in [5.41, 5.74) is 1.24. The highest BCUT2D eigenvalue weighted by Crippen LogP contribution is 2.32. The molecule has 2 rings (SSSR count). The molecule has 0 radical (unpaired) electrons. The molecule has 0 bridgehead atoms. The Kier molecular flexibility index (Phi) is 10.9. The van der Waals surface area contributed by atoms with Gasteiger partial charge in [-0.2, -0.15) is 8.42 Å². The largest absolute Gasteiger partial charge is 0.504 e. The van der Waals surface area contributed by atoms with E-state index in [0.717, 1.165) is 12.5 Å². The zero-order chi connectivity index (χ0) is 22.5. The number of aromatic hydroxyl groups is 1. The molecule has 0 saturated carbocycles. The number of unbranched alkanes of at least 4 members (excludes halogenated alkanes) is 10. The SMILES string of the molecule is CCCCCCCCCCCCCc1ccc(Oc2ccc(S(=O)(=O)O)cc2O)cc1. The van der Waals surface area contributed by atoms with Crippen LogP contribution in [0.3, 0.4) is 0 Å². The first-order chi connectivity index (χ1) is 14.9. The second-order valence-corrected chi connectivity index (χ2v) is 9.56. The Labute approximate surface area is 187 Å². The number of rotatable bonds is 15. The normalized spacial score (nSPS) is 11.5.